The predicted molar refractivity (Wildman–Crippen MR) is 136 cm³/mol. The molecule has 1 aromatic carbocycles. The number of benzene rings is 1. The van der Waals surface area contributed by atoms with Crippen LogP contribution < -0.4 is 5.73 Å². The molecule has 5 atom stereocenters. The molecule has 32 heavy (non-hydrogen) atoms. The second kappa shape index (κ2) is 13.3. The van der Waals surface area contributed by atoms with Gasteiger partial charge >= 0.3 is 0 Å². The van der Waals surface area contributed by atoms with Gasteiger partial charge in [-0.2, -0.15) is 0 Å². The molecule has 4 aliphatic rings. The van der Waals surface area contributed by atoms with Crippen LogP contribution in [0.5, 0.6) is 0 Å². The van der Waals surface area contributed by atoms with Crippen molar-refractivity contribution >= 4 is 5.91 Å². The number of likely N-dealkylation sites (tertiary alicyclic amines) is 1. The van der Waals surface area contributed by atoms with Crippen LogP contribution in [0.2, 0.25) is 0 Å². The summed E-state index contributed by atoms with van der Waals surface area (Å²) < 4.78 is 0. The number of aliphatic hydroxyl groups excluding tert-OH is 1. The second-order valence-corrected chi connectivity index (χ2v) is 10.3. The Hall–Kier alpha value is -1.39. The third kappa shape index (κ3) is 7.31. The van der Waals surface area contributed by atoms with E-state index in [-0.39, 0.29) is 18.6 Å². The molecule has 1 amide bonds. The van der Waals surface area contributed by atoms with E-state index in [1.54, 1.807) is 6.92 Å². The van der Waals surface area contributed by atoms with Gasteiger partial charge in [0.2, 0.25) is 5.91 Å². The summed E-state index contributed by atoms with van der Waals surface area (Å²) >= 11 is 0. The highest BCUT2D eigenvalue weighted by Crippen LogP contribution is 2.61. The summed E-state index contributed by atoms with van der Waals surface area (Å²) in [5.74, 6) is 3.33. The normalized spacial score (nSPS) is 29.7. The highest BCUT2D eigenvalue weighted by Gasteiger charge is 2.52. The van der Waals surface area contributed by atoms with Crippen molar-refractivity contribution < 1.29 is 9.90 Å². The minimum absolute atomic E-state index is 0.101. The third-order valence-corrected chi connectivity index (χ3v) is 7.77. The summed E-state index contributed by atoms with van der Waals surface area (Å²) in [6.45, 7) is 19.3. The Labute approximate surface area is 198 Å². The van der Waals surface area contributed by atoms with Crippen molar-refractivity contribution in [3.8, 4) is 0 Å². The number of carbonyl (C=O) groups is 1. The molecule has 184 valence electrons. The zero-order valence-corrected chi connectivity index (χ0v) is 22.0. The van der Waals surface area contributed by atoms with Crippen molar-refractivity contribution in [3.63, 3.8) is 0 Å². The van der Waals surface area contributed by atoms with E-state index in [1.165, 1.54) is 30.4 Å². The summed E-state index contributed by atoms with van der Waals surface area (Å²) in [6, 6.07) is 8.32. The number of fused-ring (bicyclic) bond motifs is 2. The Morgan fingerprint density at radius 2 is 1.78 bits per heavy atom. The lowest BCUT2D eigenvalue weighted by Crippen LogP contribution is -2.51. The Morgan fingerprint density at radius 3 is 2.22 bits per heavy atom. The van der Waals surface area contributed by atoms with Gasteiger partial charge < -0.3 is 10.8 Å². The Bertz CT molecular complexity index is 686. The lowest BCUT2D eigenvalue weighted by atomic mass is 9.46. The highest BCUT2D eigenvalue weighted by molar-refractivity contribution is 5.80. The summed E-state index contributed by atoms with van der Waals surface area (Å²) in [6.07, 6.45) is 5.59. The second-order valence-electron chi connectivity index (χ2n) is 10.3. The molecular weight excluding hydrogens is 396 g/mol. The van der Waals surface area contributed by atoms with E-state index in [0.717, 1.165) is 37.3 Å². The zero-order chi connectivity index (χ0) is 24.5. The summed E-state index contributed by atoms with van der Waals surface area (Å²) in [7, 11) is 0. The summed E-state index contributed by atoms with van der Waals surface area (Å²) in [5.41, 5.74) is 8.70. The molecule has 1 saturated heterocycles. The molecule has 1 aliphatic heterocycles. The molecule has 4 fully saturated rings. The van der Waals surface area contributed by atoms with E-state index >= 15 is 0 Å². The van der Waals surface area contributed by atoms with Crippen LogP contribution in [0, 0.1) is 36.0 Å². The lowest BCUT2D eigenvalue weighted by molar-refractivity contribution is -0.123. The van der Waals surface area contributed by atoms with Gasteiger partial charge in [-0.1, -0.05) is 77.8 Å². The first-order valence-electron chi connectivity index (χ1n) is 12.8. The van der Waals surface area contributed by atoms with E-state index in [1.807, 2.05) is 13.8 Å². The number of amides is 1. The molecule has 2 bridgehead atoms. The first-order chi connectivity index (χ1) is 15.1. The lowest BCUT2D eigenvalue weighted by Gasteiger charge is -2.59. The third-order valence-electron chi connectivity index (χ3n) is 7.77. The average molecular weight is 447 g/mol. The van der Waals surface area contributed by atoms with Crippen LogP contribution in [-0.4, -0.2) is 35.1 Å². The minimum atomic E-state index is -0.192. The van der Waals surface area contributed by atoms with Crippen LogP contribution >= 0.6 is 0 Å². The number of nitrogens with two attached hydrogens (primary N) is 1. The maximum Gasteiger partial charge on any atom is 0.235 e. The SMILES string of the molecule is CC.CC1CCC2CC1C2(C)C.CCO.Cc1cccc(CN2CCC(C)C2C(N)=O)c1. The Balaban J connectivity index is 0.000000288. The monoisotopic (exact) mass is 446 g/mol. The number of aliphatic hydroxyl groups is 1. The van der Waals surface area contributed by atoms with Crippen molar-refractivity contribution in [2.24, 2.45) is 34.8 Å². The van der Waals surface area contributed by atoms with Crippen molar-refractivity contribution in [3.05, 3.63) is 35.4 Å². The van der Waals surface area contributed by atoms with Gasteiger partial charge in [0, 0.05) is 13.2 Å². The molecule has 3 N–H and O–H groups in total. The van der Waals surface area contributed by atoms with Crippen molar-refractivity contribution in [2.45, 2.75) is 93.7 Å². The van der Waals surface area contributed by atoms with Crippen LogP contribution in [-0.2, 0) is 11.3 Å². The van der Waals surface area contributed by atoms with Gasteiger partial charge in [-0.05, 0) is 74.3 Å². The Morgan fingerprint density at radius 1 is 1.16 bits per heavy atom. The van der Waals surface area contributed by atoms with Crippen LogP contribution in [0.15, 0.2) is 24.3 Å². The van der Waals surface area contributed by atoms with E-state index in [9.17, 15) is 4.79 Å². The molecule has 1 heterocycles. The minimum Gasteiger partial charge on any atom is -0.397 e. The van der Waals surface area contributed by atoms with Crippen molar-refractivity contribution in [1.82, 2.24) is 4.90 Å². The summed E-state index contributed by atoms with van der Waals surface area (Å²) in [5, 5.41) is 7.57. The van der Waals surface area contributed by atoms with Gasteiger partial charge in [-0.3, -0.25) is 9.69 Å². The van der Waals surface area contributed by atoms with E-state index in [0.29, 0.717) is 11.3 Å². The molecule has 0 radical (unpaired) electrons. The average Bonchev–Trinajstić information content (AvgIpc) is 3.10. The maximum absolute atomic E-state index is 11.5. The molecule has 3 saturated carbocycles. The van der Waals surface area contributed by atoms with E-state index < -0.39 is 0 Å². The topological polar surface area (TPSA) is 66.6 Å². The number of nitrogens with zero attached hydrogens (tertiary/aromatic N) is 1. The van der Waals surface area contributed by atoms with Crippen molar-refractivity contribution in [1.29, 1.82) is 0 Å². The molecule has 3 aliphatic carbocycles. The fraction of sp³-hybridized carbons (Fsp3) is 0.750. The molecule has 0 aromatic heterocycles. The number of aryl methyl sites for hydroxylation is 1. The number of carbonyl (C=O) groups excluding carboxylic acids is 1. The molecule has 4 nitrogen and oxygen atoms in total. The zero-order valence-electron chi connectivity index (χ0n) is 22.0. The maximum atomic E-state index is 11.5. The molecular formula is C28H50N2O2. The first-order valence-corrected chi connectivity index (χ1v) is 12.8. The standard InChI is InChI=1S/C14H20N2O.C10H18.C2H6O.C2H6/c1-10-4-3-5-12(8-10)9-16-7-6-11(2)13(16)14(15)17;1-7-4-5-8-6-9(7)10(8,2)3;1-2-3;1-2/h3-5,8,11,13H,6-7,9H2,1-2H3,(H2,15,17);7-9H,4-6H2,1-3H3;3H,2H2,1H3;1-2H3. The molecule has 5 unspecified atom stereocenters. The first kappa shape index (κ1) is 28.6. The smallest absolute Gasteiger partial charge is 0.235 e. The van der Waals surface area contributed by atoms with Crippen LogP contribution in [0.25, 0.3) is 0 Å². The van der Waals surface area contributed by atoms with Crippen LogP contribution in [0.4, 0.5) is 0 Å². The molecule has 5 rings (SSSR count). The fourth-order valence-electron chi connectivity index (χ4n) is 5.89. The van der Waals surface area contributed by atoms with Crippen LogP contribution in [0.1, 0.15) is 85.3 Å². The van der Waals surface area contributed by atoms with Gasteiger partial charge in [-0.25, -0.2) is 0 Å². The summed E-state index contributed by atoms with van der Waals surface area (Å²) in [4.78, 5) is 13.7. The molecule has 1 aromatic rings. The number of primary amides is 1. The number of rotatable bonds is 3. The van der Waals surface area contributed by atoms with Gasteiger partial charge in [-0.15, -0.1) is 0 Å². The van der Waals surface area contributed by atoms with E-state index in [2.05, 4.69) is 63.8 Å². The molecule has 4 heteroatoms. The van der Waals surface area contributed by atoms with Gasteiger partial charge in [0.15, 0.2) is 0 Å². The molecule has 0 spiro atoms. The number of hydrogen-bond acceptors (Lipinski definition) is 3. The quantitative estimate of drug-likeness (QED) is 0.617. The highest BCUT2D eigenvalue weighted by atomic mass is 16.2. The van der Waals surface area contributed by atoms with Gasteiger partial charge in [0.05, 0.1) is 6.04 Å². The van der Waals surface area contributed by atoms with Crippen LogP contribution in [0.3, 0.4) is 0 Å². The fourth-order valence-corrected chi connectivity index (χ4v) is 5.89. The van der Waals surface area contributed by atoms with E-state index in [4.69, 9.17) is 10.8 Å². The van der Waals surface area contributed by atoms with Crippen molar-refractivity contribution in [2.75, 3.05) is 13.2 Å². The van der Waals surface area contributed by atoms with Gasteiger partial charge in [0.1, 0.15) is 0 Å². The largest absolute Gasteiger partial charge is 0.397 e. The Kier molecular flexibility index (Phi) is 11.9. The van der Waals surface area contributed by atoms with Gasteiger partial charge in [0.25, 0.3) is 0 Å². The predicted octanol–water partition coefficient (Wildman–Crippen LogP) is 5.79. The number of hydrogen-bond donors (Lipinski definition) is 2.